The highest BCUT2D eigenvalue weighted by Crippen LogP contribution is 2.25. The van der Waals surface area contributed by atoms with Gasteiger partial charge in [-0.05, 0) is 39.2 Å². The first-order valence-electron chi connectivity index (χ1n) is 6.67. The van der Waals surface area contributed by atoms with Crippen molar-refractivity contribution in [3.8, 4) is 0 Å². The molecule has 2 aliphatic rings. The van der Waals surface area contributed by atoms with E-state index >= 15 is 0 Å². The molecule has 0 unspecified atom stereocenters. The number of hydrogen-bond acceptors (Lipinski definition) is 4. The highest BCUT2D eigenvalue weighted by atomic mass is 15.2. The van der Waals surface area contributed by atoms with Gasteiger partial charge in [-0.15, -0.1) is 0 Å². The third-order valence-corrected chi connectivity index (χ3v) is 3.69. The maximum atomic E-state index is 4.59. The van der Waals surface area contributed by atoms with E-state index in [1.165, 1.54) is 31.4 Å². The fourth-order valence-electron chi connectivity index (χ4n) is 2.80. The third kappa shape index (κ3) is 2.27. The van der Waals surface area contributed by atoms with Crippen LogP contribution in [0.3, 0.4) is 0 Å². The van der Waals surface area contributed by atoms with Crippen LogP contribution in [0.2, 0.25) is 0 Å². The number of anilines is 1. The molecule has 4 nitrogen and oxygen atoms in total. The predicted molar refractivity (Wildman–Crippen MR) is 68.2 cm³/mol. The second-order valence-electron chi connectivity index (χ2n) is 5.04. The number of aryl methyl sites for hydroxylation is 1. The average Bonchev–Trinajstić information content (AvgIpc) is 3.02. The molecule has 1 atom stereocenters. The van der Waals surface area contributed by atoms with Gasteiger partial charge in [0, 0.05) is 25.2 Å². The molecule has 0 saturated carbocycles. The van der Waals surface area contributed by atoms with Gasteiger partial charge in [-0.2, -0.15) is 0 Å². The molecule has 0 amide bonds. The van der Waals surface area contributed by atoms with E-state index in [-0.39, 0.29) is 0 Å². The molecule has 2 fully saturated rings. The van der Waals surface area contributed by atoms with E-state index in [1.54, 1.807) is 0 Å². The highest BCUT2D eigenvalue weighted by Gasteiger charge is 2.21. The topological polar surface area (TPSA) is 41.1 Å². The number of nitrogens with zero attached hydrogens (tertiary/aromatic N) is 3. The second kappa shape index (κ2) is 4.61. The van der Waals surface area contributed by atoms with Crippen molar-refractivity contribution in [2.45, 2.75) is 38.6 Å². The van der Waals surface area contributed by atoms with E-state index in [4.69, 9.17) is 0 Å². The summed E-state index contributed by atoms with van der Waals surface area (Å²) in [5.41, 5.74) is 1.18. The maximum absolute atomic E-state index is 4.59. The Balaban J connectivity index is 1.88. The molecule has 1 aromatic heterocycles. The van der Waals surface area contributed by atoms with Crippen molar-refractivity contribution in [1.82, 2.24) is 15.3 Å². The van der Waals surface area contributed by atoms with Gasteiger partial charge in [-0.3, -0.25) is 0 Å². The Bertz CT molecular complexity index is 358. The average molecular weight is 232 g/mol. The van der Waals surface area contributed by atoms with Crippen LogP contribution >= 0.6 is 0 Å². The van der Waals surface area contributed by atoms with Crippen LogP contribution in [0.1, 0.15) is 43.2 Å². The molecule has 1 aromatic rings. The summed E-state index contributed by atoms with van der Waals surface area (Å²) in [5, 5.41) is 3.51. The lowest BCUT2D eigenvalue weighted by Gasteiger charge is -2.19. The standard InChI is InChI=1S/C13H20N4/c1-10-15-12(11-5-4-6-14-11)9-13(16-10)17-7-2-3-8-17/h9,11,14H,2-8H2,1H3/t11-/m1/s1. The first kappa shape index (κ1) is 11.0. The van der Waals surface area contributed by atoms with Gasteiger partial charge in [-0.1, -0.05) is 0 Å². The van der Waals surface area contributed by atoms with Crippen LogP contribution in [0.15, 0.2) is 6.07 Å². The Morgan fingerprint density at radius 2 is 2.06 bits per heavy atom. The predicted octanol–water partition coefficient (Wildman–Crippen LogP) is 1.81. The lowest BCUT2D eigenvalue weighted by molar-refractivity contribution is 0.622. The van der Waals surface area contributed by atoms with E-state index in [1.807, 2.05) is 6.92 Å². The molecule has 1 N–H and O–H groups in total. The Kier molecular flexibility index (Phi) is 2.97. The van der Waals surface area contributed by atoms with Crippen molar-refractivity contribution in [1.29, 1.82) is 0 Å². The molecule has 0 radical (unpaired) electrons. The molecular weight excluding hydrogens is 212 g/mol. The lowest BCUT2D eigenvalue weighted by atomic mass is 10.1. The SMILES string of the molecule is Cc1nc([C@H]2CCCN2)cc(N2CCCC2)n1. The minimum Gasteiger partial charge on any atom is -0.357 e. The molecule has 0 spiro atoms. The molecule has 2 saturated heterocycles. The molecule has 0 aromatic carbocycles. The van der Waals surface area contributed by atoms with Crippen LogP contribution in [-0.2, 0) is 0 Å². The summed E-state index contributed by atoms with van der Waals surface area (Å²) in [5.74, 6) is 2.02. The molecule has 17 heavy (non-hydrogen) atoms. The fraction of sp³-hybridized carbons (Fsp3) is 0.692. The van der Waals surface area contributed by atoms with Gasteiger partial charge in [-0.25, -0.2) is 9.97 Å². The Labute approximate surface area is 102 Å². The zero-order valence-electron chi connectivity index (χ0n) is 10.4. The van der Waals surface area contributed by atoms with Gasteiger partial charge >= 0.3 is 0 Å². The molecule has 4 heteroatoms. The summed E-state index contributed by atoms with van der Waals surface area (Å²) < 4.78 is 0. The van der Waals surface area contributed by atoms with Crippen LogP contribution < -0.4 is 10.2 Å². The molecule has 2 aliphatic heterocycles. The smallest absolute Gasteiger partial charge is 0.132 e. The number of hydrogen-bond donors (Lipinski definition) is 1. The zero-order valence-corrected chi connectivity index (χ0v) is 10.4. The Hall–Kier alpha value is -1.16. The first-order chi connectivity index (χ1) is 8.33. The zero-order chi connectivity index (χ0) is 11.7. The number of nitrogens with one attached hydrogen (secondary N) is 1. The van der Waals surface area contributed by atoms with Crippen LogP contribution in [0.5, 0.6) is 0 Å². The summed E-state index contributed by atoms with van der Waals surface area (Å²) in [6.07, 6.45) is 5.04. The molecular formula is C13H20N4. The fourth-order valence-corrected chi connectivity index (χ4v) is 2.80. The van der Waals surface area contributed by atoms with Crippen LogP contribution in [0.4, 0.5) is 5.82 Å². The van der Waals surface area contributed by atoms with Crippen molar-refractivity contribution in [3.63, 3.8) is 0 Å². The molecule has 3 rings (SSSR count). The van der Waals surface area contributed by atoms with Gasteiger partial charge in [0.15, 0.2) is 0 Å². The van der Waals surface area contributed by atoms with Crippen LogP contribution in [0, 0.1) is 6.92 Å². The quantitative estimate of drug-likeness (QED) is 0.844. The summed E-state index contributed by atoms with van der Waals surface area (Å²) >= 11 is 0. The van der Waals surface area contributed by atoms with Crippen molar-refractivity contribution >= 4 is 5.82 Å². The van der Waals surface area contributed by atoms with Crippen molar-refractivity contribution in [2.75, 3.05) is 24.5 Å². The minimum absolute atomic E-state index is 0.443. The third-order valence-electron chi connectivity index (χ3n) is 3.69. The van der Waals surface area contributed by atoms with Crippen LogP contribution in [-0.4, -0.2) is 29.6 Å². The van der Waals surface area contributed by atoms with Gasteiger partial charge in [0.25, 0.3) is 0 Å². The van der Waals surface area contributed by atoms with Gasteiger partial charge in [0.2, 0.25) is 0 Å². The largest absolute Gasteiger partial charge is 0.357 e. The van der Waals surface area contributed by atoms with E-state index in [0.29, 0.717) is 6.04 Å². The first-order valence-corrected chi connectivity index (χ1v) is 6.67. The van der Waals surface area contributed by atoms with Gasteiger partial charge in [0.05, 0.1) is 5.69 Å². The van der Waals surface area contributed by atoms with Gasteiger partial charge < -0.3 is 10.2 Å². The number of rotatable bonds is 2. The molecule has 0 aliphatic carbocycles. The number of aromatic nitrogens is 2. The normalized spacial score (nSPS) is 24.5. The van der Waals surface area contributed by atoms with E-state index in [2.05, 4.69) is 26.3 Å². The molecule has 0 bridgehead atoms. The van der Waals surface area contributed by atoms with Crippen molar-refractivity contribution in [3.05, 3.63) is 17.6 Å². The van der Waals surface area contributed by atoms with Crippen molar-refractivity contribution in [2.24, 2.45) is 0 Å². The van der Waals surface area contributed by atoms with E-state index in [9.17, 15) is 0 Å². The molecule has 92 valence electrons. The lowest BCUT2D eigenvalue weighted by Crippen LogP contribution is -2.21. The maximum Gasteiger partial charge on any atom is 0.132 e. The van der Waals surface area contributed by atoms with Crippen LogP contribution in [0.25, 0.3) is 0 Å². The monoisotopic (exact) mass is 232 g/mol. The Morgan fingerprint density at radius 1 is 1.24 bits per heavy atom. The Morgan fingerprint density at radius 3 is 2.76 bits per heavy atom. The highest BCUT2D eigenvalue weighted by molar-refractivity contribution is 5.41. The summed E-state index contributed by atoms with van der Waals surface area (Å²) in [6.45, 7) is 5.41. The van der Waals surface area contributed by atoms with Gasteiger partial charge in [0.1, 0.15) is 11.6 Å². The van der Waals surface area contributed by atoms with E-state index in [0.717, 1.165) is 31.3 Å². The summed E-state index contributed by atoms with van der Waals surface area (Å²) in [7, 11) is 0. The summed E-state index contributed by atoms with van der Waals surface area (Å²) in [4.78, 5) is 11.5. The second-order valence-corrected chi connectivity index (χ2v) is 5.04. The molecule has 3 heterocycles. The summed E-state index contributed by atoms with van der Waals surface area (Å²) in [6, 6.07) is 2.62. The van der Waals surface area contributed by atoms with E-state index < -0.39 is 0 Å². The minimum atomic E-state index is 0.443. The van der Waals surface area contributed by atoms with Crippen molar-refractivity contribution < 1.29 is 0 Å².